The number of ketones is 1. The number of nitrogens with zero attached hydrogens (tertiary/aromatic N) is 2. The molecule has 1 heterocycles. The predicted molar refractivity (Wildman–Crippen MR) is 114 cm³/mol. The Morgan fingerprint density at radius 3 is 2.34 bits per heavy atom. The maximum atomic E-state index is 12.8. The molecule has 1 unspecified atom stereocenters. The first-order valence-corrected chi connectivity index (χ1v) is 9.74. The predicted octanol–water partition coefficient (Wildman–Crippen LogP) is 2.95. The molecule has 168 valence electrons. The Hall–Kier alpha value is -3.95. The minimum atomic E-state index is -1.20. The average Bonchev–Trinajstić information content (AvgIpc) is 3.20. The molecule has 2 aromatic rings. The molecule has 0 saturated carbocycles. The maximum absolute atomic E-state index is 12.8. The minimum Gasteiger partial charge on any atom is -0.493 e. The third-order valence-corrected chi connectivity index (χ3v) is 5.21. The highest BCUT2D eigenvalue weighted by Gasteiger charge is 2.29. The lowest BCUT2D eigenvalue weighted by molar-refractivity contribution is -0.385. The number of fused-ring (bicyclic) bond motifs is 1. The van der Waals surface area contributed by atoms with Gasteiger partial charge in [0, 0.05) is 30.8 Å². The SMILES string of the molecule is COc1cc(C(=O)OC(C)C(=O)c2ccc3c(c2)CCN3C(C)=O)c([N+](=O)[O-])cc1OC. The number of carbonyl (C=O) groups is 3. The molecule has 1 aliphatic rings. The zero-order valence-corrected chi connectivity index (χ0v) is 18.0. The van der Waals surface area contributed by atoms with Crippen molar-refractivity contribution in [3.63, 3.8) is 0 Å². The number of ether oxygens (including phenoxy) is 3. The third kappa shape index (κ3) is 4.25. The molecule has 0 N–H and O–H groups in total. The standard InChI is InChI=1S/C22H22N2O8/c1-12(21(26)15-5-6-17-14(9-15)7-8-23(17)13(2)25)32-22(27)16-10-19(30-3)20(31-4)11-18(16)24(28)29/h5-6,9-12H,7-8H2,1-4H3. The molecule has 32 heavy (non-hydrogen) atoms. The second-order valence-electron chi connectivity index (χ2n) is 7.16. The normalized spacial score (nSPS) is 13.2. The Balaban J connectivity index is 1.83. The van der Waals surface area contributed by atoms with Crippen LogP contribution in [0.5, 0.6) is 11.5 Å². The molecule has 0 aromatic heterocycles. The monoisotopic (exact) mass is 442 g/mol. The van der Waals surface area contributed by atoms with E-state index in [4.69, 9.17) is 14.2 Å². The van der Waals surface area contributed by atoms with Gasteiger partial charge in [0.1, 0.15) is 5.56 Å². The van der Waals surface area contributed by atoms with Gasteiger partial charge in [-0.3, -0.25) is 19.7 Å². The van der Waals surface area contributed by atoms with Crippen LogP contribution in [-0.2, 0) is 16.0 Å². The summed E-state index contributed by atoms with van der Waals surface area (Å²) in [6.07, 6.45) is -0.583. The molecule has 0 spiro atoms. The summed E-state index contributed by atoms with van der Waals surface area (Å²) in [4.78, 5) is 49.5. The minimum absolute atomic E-state index is 0.0811. The number of Topliss-reactive ketones (excluding diaryl/α,β-unsaturated/α-hetero) is 1. The lowest BCUT2D eigenvalue weighted by Gasteiger charge is -2.16. The van der Waals surface area contributed by atoms with Crippen LogP contribution in [0.2, 0.25) is 0 Å². The molecule has 1 aliphatic heterocycles. The fourth-order valence-corrected chi connectivity index (χ4v) is 3.58. The molecular formula is C22H22N2O8. The van der Waals surface area contributed by atoms with Gasteiger partial charge in [-0.1, -0.05) is 0 Å². The number of benzene rings is 2. The van der Waals surface area contributed by atoms with Gasteiger partial charge in [-0.25, -0.2) is 4.79 Å². The van der Waals surface area contributed by atoms with Gasteiger partial charge in [0.15, 0.2) is 17.6 Å². The van der Waals surface area contributed by atoms with Crippen molar-refractivity contribution in [2.24, 2.45) is 0 Å². The van der Waals surface area contributed by atoms with E-state index >= 15 is 0 Å². The molecule has 1 amide bonds. The Labute approximate surface area is 183 Å². The zero-order valence-electron chi connectivity index (χ0n) is 18.0. The van der Waals surface area contributed by atoms with Crippen molar-refractivity contribution >= 4 is 29.0 Å². The number of hydrogen-bond acceptors (Lipinski definition) is 8. The van der Waals surface area contributed by atoms with Crippen molar-refractivity contribution in [2.45, 2.75) is 26.4 Å². The van der Waals surface area contributed by atoms with Crippen molar-refractivity contribution in [3.05, 3.63) is 57.1 Å². The van der Waals surface area contributed by atoms with E-state index in [2.05, 4.69) is 0 Å². The van der Waals surface area contributed by atoms with E-state index in [1.807, 2.05) is 0 Å². The summed E-state index contributed by atoms with van der Waals surface area (Å²) in [5, 5.41) is 11.4. The zero-order chi connectivity index (χ0) is 23.6. The molecule has 1 atom stereocenters. The number of esters is 1. The second-order valence-corrected chi connectivity index (χ2v) is 7.16. The van der Waals surface area contributed by atoms with Crippen molar-refractivity contribution in [1.29, 1.82) is 0 Å². The molecule has 10 heteroatoms. The lowest BCUT2D eigenvalue weighted by atomic mass is 10.0. The molecule has 0 radical (unpaired) electrons. The van der Waals surface area contributed by atoms with Gasteiger partial charge in [0.2, 0.25) is 11.7 Å². The van der Waals surface area contributed by atoms with Crippen LogP contribution in [0, 0.1) is 10.1 Å². The highest BCUT2D eigenvalue weighted by molar-refractivity contribution is 6.03. The van der Waals surface area contributed by atoms with Gasteiger partial charge < -0.3 is 19.1 Å². The number of nitro benzene ring substituents is 1. The topological polar surface area (TPSA) is 125 Å². The molecule has 10 nitrogen and oxygen atoms in total. The van der Waals surface area contributed by atoms with Crippen molar-refractivity contribution < 1.29 is 33.5 Å². The Morgan fingerprint density at radius 1 is 1.09 bits per heavy atom. The number of amides is 1. The fraction of sp³-hybridized carbons (Fsp3) is 0.318. The summed E-state index contributed by atoms with van der Waals surface area (Å²) in [5.41, 5.74) is 1.02. The average molecular weight is 442 g/mol. The summed E-state index contributed by atoms with van der Waals surface area (Å²) in [6, 6.07) is 7.12. The first-order chi connectivity index (χ1) is 15.2. The Kier molecular flexibility index (Phi) is 6.42. The van der Waals surface area contributed by atoms with Crippen molar-refractivity contribution in [2.75, 3.05) is 25.7 Å². The highest BCUT2D eigenvalue weighted by atomic mass is 16.6. The molecular weight excluding hydrogens is 420 g/mol. The van der Waals surface area contributed by atoms with E-state index < -0.39 is 28.5 Å². The summed E-state index contributed by atoms with van der Waals surface area (Å²) < 4.78 is 15.4. The summed E-state index contributed by atoms with van der Waals surface area (Å²) >= 11 is 0. The second kappa shape index (κ2) is 9.04. The van der Waals surface area contributed by atoms with Gasteiger partial charge >= 0.3 is 5.97 Å². The molecule has 0 bridgehead atoms. The van der Waals surface area contributed by atoms with Crippen LogP contribution >= 0.6 is 0 Å². The number of hydrogen-bond donors (Lipinski definition) is 0. The molecule has 0 saturated heterocycles. The van der Waals surface area contributed by atoms with E-state index in [1.54, 1.807) is 23.1 Å². The first kappa shape index (κ1) is 22.7. The molecule has 0 fully saturated rings. The number of rotatable bonds is 7. The largest absolute Gasteiger partial charge is 0.493 e. The number of nitro groups is 1. The van der Waals surface area contributed by atoms with E-state index in [-0.39, 0.29) is 23.0 Å². The molecule has 0 aliphatic carbocycles. The van der Waals surface area contributed by atoms with E-state index in [1.165, 1.54) is 28.1 Å². The quantitative estimate of drug-likeness (QED) is 0.277. The molecule has 3 rings (SSSR count). The van der Waals surface area contributed by atoms with Gasteiger partial charge in [-0.05, 0) is 37.1 Å². The molecule has 2 aromatic carbocycles. The van der Waals surface area contributed by atoms with Crippen molar-refractivity contribution in [1.82, 2.24) is 0 Å². The summed E-state index contributed by atoms with van der Waals surface area (Å²) in [5.74, 6) is -1.40. The lowest BCUT2D eigenvalue weighted by Crippen LogP contribution is -2.26. The van der Waals surface area contributed by atoms with Crippen LogP contribution in [0.1, 0.15) is 40.1 Å². The smallest absolute Gasteiger partial charge is 0.346 e. The van der Waals surface area contributed by atoms with Crippen LogP contribution in [0.3, 0.4) is 0 Å². The van der Waals surface area contributed by atoms with E-state index in [9.17, 15) is 24.5 Å². The van der Waals surface area contributed by atoms with E-state index in [0.717, 1.165) is 23.4 Å². The van der Waals surface area contributed by atoms with Crippen LogP contribution < -0.4 is 14.4 Å². The number of carbonyl (C=O) groups excluding carboxylic acids is 3. The summed E-state index contributed by atoms with van der Waals surface area (Å²) in [6.45, 7) is 3.40. The van der Waals surface area contributed by atoms with Gasteiger partial charge in [-0.2, -0.15) is 0 Å². The van der Waals surface area contributed by atoms with Crippen LogP contribution in [0.15, 0.2) is 30.3 Å². The highest BCUT2D eigenvalue weighted by Crippen LogP contribution is 2.35. The number of anilines is 1. The van der Waals surface area contributed by atoms with E-state index in [0.29, 0.717) is 18.5 Å². The van der Waals surface area contributed by atoms with Crippen LogP contribution in [0.4, 0.5) is 11.4 Å². The van der Waals surface area contributed by atoms with Crippen molar-refractivity contribution in [3.8, 4) is 11.5 Å². The van der Waals surface area contributed by atoms with Gasteiger partial charge in [0.05, 0.1) is 25.2 Å². The Morgan fingerprint density at radius 2 is 1.75 bits per heavy atom. The Bertz CT molecular complexity index is 1110. The summed E-state index contributed by atoms with van der Waals surface area (Å²) in [7, 11) is 2.64. The van der Waals surface area contributed by atoms with Gasteiger partial charge in [-0.15, -0.1) is 0 Å². The fourth-order valence-electron chi connectivity index (χ4n) is 3.58. The maximum Gasteiger partial charge on any atom is 0.346 e. The number of methoxy groups -OCH3 is 2. The first-order valence-electron chi connectivity index (χ1n) is 9.74. The third-order valence-electron chi connectivity index (χ3n) is 5.21. The van der Waals surface area contributed by atoms with Gasteiger partial charge in [0.25, 0.3) is 5.69 Å². The van der Waals surface area contributed by atoms with Crippen LogP contribution in [0.25, 0.3) is 0 Å². The van der Waals surface area contributed by atoms with Crippen LogP contribution in [-0.4, -0.2) is 49.5 Å².